The lowest BCUT2D eigenvalue weighted by atomic mass is 9.79. The van der Waals surface area contributed by atoms with Crippen molar-refractivity contribution in [1.29, 1.82) is 0 Å². The molecule has 2 aromatic rings. The van der Waals surface area contributed by atoms with Gasteiger partial charge in [0, 0.05) is 16.5 Å². The molecule has 1 aliphatic rings. The van der Waals surface area contributed by atoms with Gasteiger partial charge in [0.25, 0.3) is 0 Å². The second-order valence-corrected chi connectivity index (χ2v) is 14.4. The minimum atomic E-state index is -4.87. The molecule has 0 radical (unpaired) electrons. The highest BCUT2D eigenvalue weighted by Gasteiger charge is 2.69. The summed E-state index contributed by atoms with van der Waals surface area (Å²) >= 11 is 12.0. The highest BCUT2D eigenvalue weighted by atomic mass is 35.5. The van der Waals surface area contributed by atoms with Crippen molar-refractivity contribution in [2.24, 2.45) is 0 Å². The van der Waals surface area contributed by atoms with Crippen molar-refractivity contribution in [3.05, 3.63) is 69.2 Å². The Kier molecular flexibility index (Phi) is 11.7. The van der Waals surface area contributed by atoms with E-state index in [1.807, 2.05) is 12.2 Å². The lowest BCUT2D eigenvalue weighted by Crippen LogP contribution is -2.41. The Morgan fingerprint density at radius 3 is 1.73 bits per heavy atom. The number of nitrogens with one attached hydrogen (secondary N) is 1. The van der Waals surface area contributed by atoms with Crippen LogP contribution in [0.2, 0.25) is 10.0 Å². The number of aryl methyl sites for hydroxylation is 1. The molecule has 0 aliphatic carbocycles. The molecule has 0 aromatic heterocycles. The molecule has 0 bridgehead atoms. The first-order valence-corrected chi connectivity index (χ1v) is 15.0. The van der Waals surface area contributed by atoms with E-state index in [0.717, 1.165) is 17.7 Å². The van der Waals surface area contributed by atoms with Crippen molar-refractivity contribution in [2.45, 2.75) is 94.3 Å². The number of hydrogen-bond acceptors (Lipinski definition) is 7. The summed E-state index contributed by atoms with van der Waals surface area (Å²) in [6.07, 6.45) is -6.67. The lowest BCUT2D eigenvalue weighted by Gasteiger charge is -2.33. The first-order chi connectivity index (χ1) is 19.9. The number of amides is 2. The van der Waals surface area contributed by atoms with Crippen molar-refractivity contribution in [1.82, 2.24) is 5.32 Å². The van der Waals surface area contributed by atoms with E-state index in [1.165, 1.54) is 18.2 Å². The number of ether oxygens (including phenoxy) is 2. The molecule has 3 rings (SSSR count). The molecule has 3 atom stereocenters. The predicted octanol–water partition coefficient (Wildman–Crippen LogP) is 8.24. The van der Waals surface area contributed by atoms with Gasteiger partial charge in [0.15, 0.2) is 0 Å². The third-order valence-electron chi connectivity index (χ3n) is 6.15. The average molecular weight is 683 g/mol. The highest BCUT2D eigenvalue weighted by molar-refractivity contribution is 8.02. The Morgan fingerprint density at radius 2 is 1.36 bits per heavy atom. The maximum atomic E-state index is 14.4. The number of carbonyl (C=O) groups is 3. The molecule has 8 nitrogen and oxygen atoms in total. The SMILES string of the molecule is CC(C)(C)OC(=O)NC(=O)OC(C)(C)C.CCc1ccc(C2(O)CC(c3cc(Cl)cc(Cl)c3)(C(F)(F)F)SC2C(=O)O)cc1. The molecule has 2 aromatic carbocycles. The van der Waals surface area contributed by atoms with E-state index in [0.29, 0.717) is 6.42 Å². The van der Waals surface area contributed by atoms with Crippen molar-refractivity contribution in [3.8, 4) is 0 Å². The maximum Gasteiger partial charge on any atom is 0.417 e. The van der Waals surface area contributed by atoms with Gasteiger partial charge in [-0.1, -0.05) is 54.4 Å². The number of rotatable bonds is 4. The summed E-state index contributed by atoms with van der Waals surface area (Å²) < 4.78 is 50.2. The largest absolute Gasteiger partial charge is 0.480 e. The third kappa shape index (κ3) is 9.66. The summed E-state index contributed by atoms with van der Waals surface area (Å²) in [5, 5.41) is 21.2. The number of imide groups is 1. The first kappa shape index (κ1) is 37.5. The Bertz CT molecular complexity index is 1310. The molecule has 0 saturated carbocycles. The molecule has 14 heteroatoms. The fourth-order valence-corrected chi connectivity index (χ4v) is 6.46. The number of alkyl halides is 3. The summed E-state index contributed by atoms with van der Waals surface area (Å²) in [5.74, 6) is -1.53. The fourth-order valence-electron chi connectivity index (χ4n) is 4.33. The third-order valence-corrected chi connectivity index (χ3v) is 8.42. The van der Waals surface area contributed by atoms with Gasteiger partial charge in [-0.2, -0.15) is 13.2 Å². The molecule has 1 aliphatic heterocycles. The van der Waals surface area contributed by atoms with Crippen LogP contribution in [0.15, 0.2) is 42.5 Å². The quantitative estimate of drug-likeness (QED) is 0.295. The minimum absolute atomic E-state index is 0.00802. The number of halogens is 5. The molecule has 1 fully saturated rings. The molecular formula is C30H36Cl2F3NO7S. The summed E-state index contributed by atoms with van der Waals surface area (Å²) in [4.78, 5) is 34.1. The van der Waals surface area contributed by atoms with Crippen LogP contribution in [0.1, 0.15) is 71.6 Å². The Labute approximate surface area is 268 Å². The fraction of sp³-hybridized carbons (Fsp3) is 0.500. The van der Waals surface area contributed by atoms with E-state index in [2.05, 4.69) is 0 Å². The van der Waals surface area contributed by atoms with Crippen molar-refractivity contribution >= 4 is 53.1 Å². The standard InChI is InChI=1S/C20H17Cl2F3O3S.C10H19NO4/c1-2-11-3-5-12(6-4-11)18(28)10-19(20(23,24)25,29-16(18)17(26)27)13-7-14(21)9-15(22)8-13;1-9(2,3)14-7(12)11-8(13)15-10(4,5)6/h3-9,16,28H,2,10H2,1H3,(H,26,27);1-6H3,(H,11,12,13). The van der Waals surface area contributed by atoms with Crippen LogP contribution in [0.25, 0.3) is 0 Å². The van der Waals surface area contributed by atoms with Crippen LogP contribution >= 0.6 is 35.0 Å². The number of alkyl carbamates (subject to hydrolysis) is 2. The van der Waals surface area contributed by atoms with Crippen molar-refractivity contribution in [3.63, 3.8) is 0 Å². The van der Waals surface area contributed by atoms with Gasteiger partial charge in [-0.25, -0.2) is 14.9 Å². The van der Waals surface area contributed by atoms with Crippen LogP contribution in [0.5, 0.6) is 0 Å². The van der Waals surface area contributed by atoms with Gasteiger partial charge in [0.1, 0.15) is 26.8 Å². The molecule has 1 heterocycles. The van der Waals surface area contributed by atoms with Gasteiger partial charge in [-0.3, -0.25) is 4.79 Å². The Morgan fingerprint density at radius 1 is 0.909 bits per heavy atom. The summed E-state index contributed by atoms with van der Waals surface area (Å²) in [6, 6.07) is 9.80. The number of carbonyl (C=O) groups excluding carboxylic acids is 2. The first-order valence-electron chi connectivity index (χ1n) is 13.4. The second kappa shape index (κ2) is 13.8. The van der Waals surface area contributed by atoms with Crippen molar-refractivity contribution < 1.29 is 47.2 Å². The number of thioether (sulfide) groups is 1. The Hall–Kier alpha value is -2.67. The Balaban J connectivity index is 0.000000382. The number of carboxylic acid groups (broad SMARTS) is 1. The molecule has 3 N–H and O–H groups in total. The minimum Gasteiger partial charge on any atom is -0.480 e. The second-order valence-electron chi connectivity index (χ2n) is 12.1. The number of aliphatic carboxylic acids is 1. The van der Waals surface area contributed by atoms with E-state index in [1.54, 1.807) is 53.7 Å². The van der Waals surface area contributed by atoms with Crippen LogP contribution in [-0.4, -0.2) is 51.0 Å². The smallest absolute Gasteiger partial charge is 0.417 e. The topological polar surface area (TPSA) is 122 Å². The molecule has 3 unspecified atom stereocenters. The highest BCUT2D eigenvalue weighted by Crippen LogP contribution is 2.65. The van der Waals surface area contributed by atoms with Gasteiger partial charge in [0.05, 0.1) is 0 Å². The monoisotopic (exact) mass is 681 g/mol. The lowest BCUT2D eigenvalue weighted by molar-refractivity contribution is -0.173. The van der Waals surface area contributed by atoms with Gasteiger partial charge >= 0.3 is 24.3 Å². The molecule has 0 spiro atoms. The predicted molar refractivity (Wildman–Crippen MR) is 163 cm³/mol. The molecule has 2 amide bonds. The molecular weight excluding hydrogens is 646 g/mol. The summed E-state index contributed by atoms with van der Waals surface area (Å²) in [7, 11) is 0. The average Bonchev–Trinajstić information content (AvgIpc) is 3.17. The van der Waals surface area contributed by atoms with Crippen LogP contribution in [0, 0.1) is 0 Å². The normalized spacial score (nSPS) is 22.0. The van der Waals surface area contributed by atoms with Gasteiger partial charge < -0.3 is 19.7 Å². The van der Waals surface area contributed by atoms with Crippen LogP contribution < -0.4 is 5.32 Å². The van der Waals surface area contributed by atoms with E-state index in [4.69, 9.17) is 32.7 Å². The zero-order valence-electron chi connectivity index (χ0n) is 25.3. The van der Waals surface area contributed by atoms with Gasteiger partial charge in [0.2, 0.25) is 0 Å². The van der Waals surface area contributed by atoms with Gasteiger partial charge in [-0.05, 0) is 82.9 Å². The van der Waals surface area contributed by atoms with Crippen LogP contribution in [-0.2, 0) is 31.0 Å². The summed E-state index contributed by atoms with van der Waals surface area (Å²) in [6.45, 7) is 12.2. The summed E-state index contributed by atoms with van der Waals surface area (Å²) in [5.41, 5.74) is -2.77. The zero-order chi connectivity index (χ0) is 33.9. The molecule has 244 valence electrons. The van der Waals surface area contributed by atoms with E-state index >= 15 is 0 Å². The van der Waals surface area contributed by atoms with Crippen molar-refractivity contribution in [2.75, 3.05) is 0 Å². The van der Waals surface area contributed by atoms with Gasteiger partial charge in [-0.15, -0.1) is 11.8 Å². The number of benzene rings is 2. The number of hydrogen-bond donors (Lipinski definition) is 3. The van der Waals surface area contributed by atoms with Crippen LogP contribution in [0.4, 0.5) is 22.8 Å². The molecule has 1 saturated heterocycles. The molecule has 44 heavy (non-hydrogen) atoms. The number of aliphatic hydroxyl groups is 1. The maximum absolute atomic E-state index is 14.4. The van der Waals surface area contributed by atoms with E-state index in [9.17, 15) is 37.8 Å². The van der Waals surface area contributed by atoms with E-state index in [-0.39, 0.29) is 32.9 Å². The number of carboxylic acids is 1. The van der Waals surface area contributed by atoms with E-state index < -0.39 is 57.6 Å². The van der Waals surface area contributed by atoms with Crippen LogP contribution in [0.3, 0.4) is 0 Å². The zero-order valence-corrected chi connectivity index (χ0v) is 27.6.